The van der Waals surface area contributed by atoms with Crippen molar-refractivity contribution in [3.05, 3.63) is 83.4 Å². The van der Waals surface area contributed by atoms with Crippen molar-refractivity contribution in [2.45, 2.75) is 31.8 Å². The summed E-state index contributed by atoms with van der Waals surface area (Å²) in [5.74, 6) is 0.233. The highest BCUT2D eigenvalue weighted by atomic mass is 32.2. The molecule has 1 aliphatic rings. The van der Waals surface area contributed by atoms with Gasteiger partial charge in [0.2, 0.25) is 11.8 Å². The van der Waals surface area contributed by atoms with Gasteiger partial charge in [-0.1, -0.05) is 36.4 Å². The molecule has 0 unspecified atom stereocenters. The number of aryl methyl sites for hydroxylation is 2. The average Bonchev–Trinajstić information content (AvgIpc) is 2.91. The molecule has 4 bridgehead atoms. The van der Waals surface area contributed by atoms with E-state index in [4.69, 9.17) is 14.5 Å². The minimum Gasteiger partial charge on any atom is -0.497 e. The van der Waals surface area contributed by atoms with E-state index in [1.807, 2.05) is 56.3 Å². The Labute approximate surface area is 227 Å². The molecule has 0 radical (unpaired) electrons. The van der Waals surface area contributed by atoms with Crippen LogP contribution in [0.5, 0.6) is 11.6 Å². The summed E-state index contributed by atoms with van der Waals surface area (Å²) < 4.78 is 41.0. The molecule has 1 amide bonds. The van der Waals surface area contributed by atoms with Crippen LogP contribution in [0, 0.1) is 13.8 Å². The molecular formula is C29H28N4O5S. The van der Waals surface area contributed by atoms with E-state index < -0.39 is 22.0 Å². The molecule has 3 aromatic carbocycles. The molecule has 2 heterocycles. The van der Waals surface area contributed by atoms with E-state index in [1.165, 1.54) is 18.2 Å². The normalized spacial score (nSPS) is 16.4. The number of nitrogens with one attached hydrogen (secondary N) is 2. The zero-order valence-corrected chi connectivity index (χ0v) is 22.8. The second kappa shape index (κ2) is 10.4. The SMILES string of the molecule is COc1cccc(-c2c3nc(nc2-c2c(C)cccc2C)NS(=O)(=O)c2cccc(c2)C(=O)NC[C@@H](C)O3)c1. The van der Waals surface area contributed by atoms with Crippen LogP contribution in [0.3, 0.4) is 0 Å². The van der Waals surface area contributed by atoms with Gasteiger partial charge in [-0.05, 0) is 67.8 Å². The second-order valence-electron chi connectivity index (χ2n) is 9.35. The minimum atomic E-state index is -4.13. The second-order valence-corrected chi connectivity index (χ2v) is 11.0. The van der Waals surface area contributed by atoms with Gasteiger partial charge in [0.1, 0.15) is 11.9 Å². The van der Waals surface area contributed by atoms with Crippen LogP contribution in [0.15, 0.2) is 71.6 Å². The number of nitrogens with zero attached hydrogens (tertiary/aromatic N) is 2. The van der Waals surface area contributed by atoms with E-state index in [2.05, 4.69) is 15.0 Å². The Morgan fingerprint density at radius 3 is 2.36 bits per heavy atom. The molecule has 0 aliphatic carbocycles. The van der Waals surface area contributed by atoms with Gasteiger partial charge in [-0.15, -0.1) is 0 Å². The number of hydrogen-bond acceptors (Lipinski definition) is 7. The number of hydrogen-bond donors (Lipinski definition) is 2. The third-order valence-electron chi connectivity index (χ3n) is 6.45. The number of sulfonamides is 1. The molecule has 200 valence electrons. The Kier molecular flexibility index (Phi) is 6.96. The largest absolute Gasteiger partial charge is 0.497 e. The summed E-state index contributed by atoms with van der Waals surface area (Å²) >= 11 is 0. The maximum atomic E-state index is 13.4. The standard InChI is InChI=1S/C29H28N4O5S/c1-17-8-5-9-18(2)24(17)26-25(20-10-6-12-22(14-20)37-4)28-32-29(31-26)33-39(35,36)23-13-7-11-21(15-23)27(34)30-16-19(3)38-28/h5-15,19H,16H2,1-4H3,(H,30,34)(H,31,32,33)/t19-/m1/s1. The number of rotatable bonds is 3. The van der Waals surface area contributed by atoms with Crippen molar-refractivity contribution < 1.29 is 22.7 Å². The summed E-state index contributed by atoms with van der Waals surface area (Å²) in [6.45, 7) is 5.90. The summed E-state index contributed by atoms with van der Waals surface area (Å²) in [4.78, 5) is 22.0. The fourth-order valence-electron chi connectivity index (χ4n) is 4.53. The van der Waals surface area contributed by atoms with E-state index in [-0.39, 0.29) is 28.8 Å². The van der Waals surface area contributed by atoms with Crippen molar-refractivity contribution >= 4 is 21.9 Å². The molecule has 1 aliphatic heterocycles. The van der Waals surface area contributed by atoms with E-state index in [1.54, 1.807) is 20.1 Å². The van der Waals surface area contributed by atoms with Gasteiger partial charge >= 0.3 is 0 Å². The van der Waals surface area contributed by atoms with Crippen molar-refractivity contribution in [1.82, 2.24) is 15.3 Å². The van der Waals surface area contributed by atoms with Crippen LogP contribution in [0.25, 0.3) is 22.4 Å². The maximum Gasteiger partial charge on any atom is 0.264 e. The highest BCUT2D eigenvalue weighted by molar-refractivity contribution is 7.92. The summed E-state index contributed by atoms with van der Waals surface area (Å²) in [5, 5.41) is 2.81. The first-order valence-corrected chi connectivity index (χ1v) is 13.9. The number of anilines is 1. The van der Waals surface area contributed by atoms with Crippen LogP contribution in [0.4, 0.5) is 5.95 Å². The molecule has 4 aromatic rings. The number of aromatic nitrogens is 2. The zero-order valence-electron chi connectivity index (χ0n) is 22.0. The lowest BCUT2D eigenvalue weighted by Gasteiger charge is -2.21. The molecule has 1 atom stereocenters. The molecule has 5 rings (SSSR count). The summed E-state index contributed by atoms with van der Waals surface area (Å²) in [6.07, 6.45) is -0.507. The predicted octanol–water partition coefficient (Wildman–Crippen LogP) is 4.75. The van der Waals surface area contributed by atoms with E-state index in [0.29, 0.717) is 17.0 Å². The Balaban J connectivity index is 1.81. The Morgan fingerprint density at radius 2 is 1.62 bits per heavy atom. The number of ether oxygens (including phenoxy) is 2. The number of fused-ring (bicyclic) bond motifs is 4. The van der Waals surface area contributed by atoms with E-state index in [0.717, 1.165) is 22.3 Å². The molecule has 0 saturated carbocycles. The Hall–Kier alpha value is -4.44. The summed E-state index contributed by atoms with van der Waals surface area (Å²) in [6, 6.07) is 19.1. The monoisotopic (exact) mass is 544 g/mol. The topological polar surface area (TPSA) is 120 Å². The lowest BCUT2D eigenvalue weighted by molar-refractivity contribution is 0.0931. The van der Waals surface area contributed by atoms with Crippen molar-refractivity contribution in [2.24, 2.45) is 0 Å². The van der Waals surface area contributed by atoms with Gasteiger partial charge in [0.25, 0.3) is 15.9 Å². The van der Waals surface area contributed by atoms with Crippen molar-refractivity contribution in [3.63, 3.8) is 0 Å². The lowest BCUT2D eigenvalue weighted by Crippen LogP contribution is -2.33. The highest BCUT2D eigenvalue weighted by Crippen LogP contribution is 2.41. The first-order chi connectivity index (χ1) is 18.7. The van der Waals surface area contributed by atoms with Crippen LogP contribution < -0.4 is 19.5 Å². The third-order valence-corrected chi connectivity index (χ3v) is 7.77. The summed E-state index contributed by atoms with van der Waals surface area (Å²) in [7, 11) is -2.55. The van der Waals surface area contributed by atoms with Crippen molar-refractivity contribution in [3.8, 4) is 34.0 Å². The van der Waals surface area contributed by atoms with Gasteiger partial charge in [-0.2, -0.15) is 4.98 Å². The first-order valence-electron chi connectivity index (χ1n) is 12.4. The molecule has 39 heavy (non-hydrogen) atoms. The lowest BCUT2D eigenvalue weighted by atomic mass is 9.94. The number of carbonyl (C=O) groups excluding carboxylic acids is 1. The molecule has 10 heteroatoms. The molecule has 9 nitrogen and oxygen atoms in total. The Morgan fingerprint density at radius 1 is 0.923 bits per heavy atom. The molecule has 0 saturated heterocycles. The fourth-order valence-corrected chi connectivity index (χ4v) is 5.52. The maximum absolute atomic E-state index is 13.4. The van der Waals surface area contributed by atoms with E-state index >= 15 is 0 Å². The number of methoxy groups -OCH3 is 1. The number of amides is 1. The number of carbonyl (C=O) groups is 1. The molecular weight excluding hydrogens is 516 g/mol. The molecule has 1 aromatic heterocycles. The highest BCUT2D eigenvalue weighted by Gasteiger charge is 2.26. The fraction of sp³-hybridized carbons (Fsp3) is 0.207. The van der Waals surface area contributed by atoms with Gasteiger partial charge in [0, 0.05) is 11.1 Å². The van der Waals surface area contributed by atoms with Crippen LogP contribution in [-0.2, 0) is 10.0 Å². The molecule has 2 N–H and O–H groups in total. The number of benzene rings is 3. The molecule has 0 fully saturated rings. The average molecular weight is 545 g/mol. The van der Waals surface area contributed by atoms with Crippen molar-refractivity contribution in [2.75, 3.05) is 18.4 Å². The van der Waals surface area contributed by atoms with Gasteiger partial charge in [0.05, 0.1) is 29.8 Å². The van der Waals surface area contributed by atoms with Crippen molar-refractivity contribution in [1.29, 1.82) is 0 Å². The van der Waals surface area contributed by atoms with Gasteiger partial charge < -0.3 is 14.8 Å². The smallest absolute Gasteiger partial charge is 0.264 e. The summed E-state index contributed by atoms with van der Waals surface area (Å²) in [5.41, 5.74) is 4.74. The first kappa shape index (κ1) is 26.2. The molecule has 0 spiro atoms. The van der Waals surface area contributed by atoms with Crippen LogP contribution in [-0.4, -0.2) is 44.1 Å². The van der Waals surface area contributed by atoms with Gasteiger partial charge in [-0.3, -0.25) is 4.79 Å². The van der Waals surface area contributed by atoms with Crippen LogP contribution in [0.1, 0.15) is 28.4 Å². The Bertz CT molecular complexity index is 1670. The zero-order chi connectivity index (χ0) is 27.7. The quantitative estimate of drug-likeness (QED) is 0.382. The predicted molar refractivity (Wildman–Crippen MR) is 149 cm³/mol. The third kappa shape index (κ3) is 5.28. The van der Waals surface area contributed by atoms with Crippen LogP contribution >= 0.6 is 0 Å². The van der Waals surface area contributed by atoms with Gasteiger partial charge in [-0.25, -0.2) is 18.1 Å². The van der Waals surface area contributed by atoms with E-state index in [9.17, 15) is 13.2 Å². The minimum absolute atomic E-state index is 0.0843. The van der Waals surface area contributed by atoms with Gasteiger partial charge in [0.15, 0.2) is 0 Å². The van der Waals surface area contributed by atoms with Crippen LogP contribution in [0.2, 0.25) is 0 Å².